The maximum Gasteiger partial charge on any atom is 0.336 e. The molecule has 0 radical (unpaired) electrons. The summed E-state index contributed by atoms with van der Waals surface area (Å²) in [4.78, 5) is 41.3. The number of fused-ring (bicyclic) bond motifs is 6. The normalized spacial score (nSPS) is 11.5. The lowest BCUT2D eigenvalue weighted by atomic mass is 9.78. The van der Waals surface area contributed by atoms with Crippen LogP contribution in [0.15, 0.2) is 237 Å². The summed E-state index contributed by atoms with van der Waals surface area (Å²) in [6.45, 7) is 0. The largest absolute Gasteiger partial charge is 0.478 e. The van der Waals surface area contributed by atoms with Crippen LogP contribution in [-0.2, 0) is 0 Å². The Morgan fingerprint density at radius 1 is 0.213 bits per heavy atom. The van der Waals surface area contributed by atoms with Crippen molar-refractivity contribution in [3.63, 3.8) is 0 Å². The van der Waals surface area contributed by atoms with Crippen molar-refractivity contribution >= 4 is 82.5 Å². The highest BCUT2D eigenvalue weighted by Crippen LogP contribution is 2.52. The summed E-state index contributed by atoms with van der Waals surface area (Å²) in [5.74, 6) is -3.35. The maximum absolute atomic E-state index is 13.9. The Bertz CT molecular complexity index is 4390. The molecule has 354 valence electrons. The Morgan fingerprint density at radius 3 is 0.760 bits per heavy atom. The molecule has 0 saturated heterocycles. The van der Waals surface area contributed by atoms with Crippen LogP contribution in [-0.4, -0.2) is 33.2 Å². The van der Waals surface area contributed by atoms with Gasteiger partial charge in [-0.1, -0.05) is 182 Å². The van der Waals surface area contributed by atoms with E-state index in [9.17, 15) is 29.7 Å². The topological polar surface area (TPSA) is 112 Å². The molecule has 6 nitrogen and oxygen atoms in total. The quantitative estimate of drug-likeness (QED) is 0.124. The average molecular weight is 967 g/mol. The highest BCUT2D eigenvalue weighted by molar-refractivity contribution is 6.18. The molecular formula is C69H42O6. The molecule has 0 amide bonds. The minimum absolute atomic E-state index is 0.0646. The van der Waals surface area contributed by atoms with Gasteiger partial charge in [-0.05, 0) is 169 Å². The molecule has 0 spiro atoms. The van der Waals surface area contributed by atoms with Crippen LogP contribution >= 0.6 is 0 Å². The van der Waals surface area contributed by atoms with E-state index in [0.29, 0.717) is 66.8 Å². The van der Waals surface area contributed by atoms with Gasteiger partial charge in [-0.15, -0.1) is 0 Å². The van der Waals surface area contributed by atoms with Crippen molar-refractivity contribution in [1.82, 2.24) is 0 Å². The van der Waals surface area contributed by atoms with Crippen LogP contribution < -0.4 is 0 Å². The van der Waals surface area contributed by atoms with Crippen LogP contribution in [0, 0.1) is 0 Å². The van der Waals surface area contributed by atoms with Gasteiger partial charge in [-0.25, -0.2) is 14.4 Å². The van der Waals surface area contributed by atoms with E-state index >= 15 is 0 Å². The highest BCUT2D eigenvalue weighted by Gasteiger charge is 2.29. The van der Waals surface area contributed by atoms with Crippen LogP contribution in [0.2, 0.25) is 0 Å². The number of carbonyl (C=O) groups is 3. The Kier molecular flexibility index (Phi) is 10.6. The van der Waals surface area contributed by atoms with E-state index in [-0.39, 0.29) is 16.7 Å². The van der Waals surface area contributed by atoms with Gasteiger partial charge < -0.3 is 15.3 Å². The monoisotopic (exact) mass is 966 g/mol. The Hall–Kier alpha value is -10.2. The van der Waals surface area contributed by atoms with Crippen molar-refractivity contribution in [2.45, 2.75) is 0 Å². The van der Waals surface area contributed by atoms with Crippen LogP contribution in [0.1, 0.15) is 31.1 Å². The number of rotatable bonds is 9. The van der Waals surface area contributed by atoms with Crippen LogP contribution in [0.3, 0.4) is 0 Å². The first-order valence-electron chi connectivity index (χ1n) is 24.7. The molecule has 0 heterocycles. The Morgan fingerprint density at radius 2 is 0.440 bits per heavy atom. The van der Waals surface area contributed by atoms with Crippen molar-refractivity contribution in [2.75, 3.05) is 0 Å². The fourth-order valence-electron chi connectivity index (χ4n) is 11.6. The van der Waals surface area contributed by atoms with Gasteiger partial charge in [0, 0.05) is 16.7 Å². The minimum atomic E-state index is -1.13. The van der Waals surface area contributed by atoms with Gasteiger partial charge in [0.1, 0.15) is 0 Å². The molecule has 0 saturated carbocycles. The maximum atomic E-state index is 13.9. The van der Waals surface area contributed by atoms with E-state index in [2.05, 4.69) is 54.6 Å². The molecule has 13 aromatic rings. The van der Waals surface area contributed by atoms with Gasteiger partial charge in [-0.2, -0.15) is 0 Å². The number of benzene rings is 13. The lowest BCUT2D eigenvalue weighted by Gasteiger charge is -2.25. The van der Waals surface area contributed by atoms with Crippen LogP contribution in [0.5, 0.6) is 0 Å². The molecule has 0 aliphatic carbocycles. The number of carboxylic acid groups (broad SMARTS) is 3. The molecule has 6 heteroatoms. The van der Waals surface area contributed by atoms with Crippen molar-refractivity contribution in [3.8, 4) is 66.8 Å². The smallest absolute Gasteiger partial charge is 0.336 e. The van der Waals surface area contributed by atoms with Gasteiger partial charge in [0.05, 0.1) is 16.7 Å². The number of carboxylic acids is 3. The average Bonchev–Trinajstić information content (AvgIpc) is 3.44. The van der Waals surface area contributed by atoms with E-state index < -0.39 is 17.9 Å². The predicted molar refractivity (Wildman–Crippen MR) is 305 cm³/mol. The van der Waals surface area contributed by atoms with E-state index in [1.165, 1.54) is 0 Å². The SMILES string of the molecule is O=C(O)c1cccc(-c2cccc(-c3cccc(C(=O)O)c3-c3cccc4cc5ccccc5cc34)c2-c2cccc(C(=O)O)c2-c2cccc3cc4ccccc4cc23)c1-c1cccc2cc3ccccc3cc12. The third-order valence-corrected chi connectivity index (χ3v) is 14.8. The fourth-order valence-corrected chi connectivity index (χ4v) is 11.6. The number of aromatic carboxylic acids is 3. The standard InChI is InChI=1S/C69H42O6/c70-67(71)57-31-11-28-51(64(57)53-23-7-20-46-34-40-14-1-4-17-43(40)37-60(46)53)49-26-10-27-50(52-29-12-32-58(68(72)73)65(52)54-24-8-21-47-35-41-15-2-5-18-44(41)38-61(47)54)63(49)56-30-13-33-59(69(74)75)66(56)55-25-9-22-48-36-42-16-3-6-19-45(42)39-62(48)55/h1-39H,(H,70,71)(H,72,73)(H,74,75). The predicted octanol–water partition coefficient (Wildman–Crippen LogP) is 17.7. The Labute approximate surface area is 430 Å². The zero-order valence-corrected chi connectivity index (χ0v) is 40.1. The van der Waals surface area contributed by atoms with Crippen molar-refractivity contribution in [2.24, 2.45) is 0 Å². The van der Waals surface area contributed by atoms with Gasteiger partial charge in [0.15, 0.2) is 0 Å². The molecule has 13 aromatic carbocycles. The molecule has 0 bridgehead atoms. The second kappa shape index (κ2) is 17.8. The summed E-state index contributed by atoms with van der Waals surface area (Å²) >= 11 is 0. The van der Waals surface area contributed by atoms with Crippen LogP contribution in [0.4, 0.5) is 0 Å². The van der Waals surface area contributed by atoms with E-state index in [4.69, 9.17) is 0 Å². The first-order chi connectivity index (χ1) is 36.7. The summed E-state index contributed by atoms with van der Waals surface area (Å²) in [5.41, 5.74) is 7.34. The van der Waals surface area contributed by atoms with E-state index in [1.807, 2.05) is 146 Å². The van der Waals surface area contributed by atoms with Gasteiger partial charge in [-0.3, -0.25) is 0 Å². The lowest BCUT2D eigenvalue weighted by Crippen LogP contribution is -2.05. The molecule has 13 rings (SSSR count). The molecular weight excluding hydrogens is 925 g/mol. The molecule has 75 heavy (non-hydrogen) atoms. The second-order valence-corrected chi connectivity index (χ2v) is 19.0. The van der Waals surface area contributed by atoms with Crippen molar-refractivity contribution in [1.29, 1.82) is 0 Å². The molecule has 0 aromatic heterocycles. The first kappa shape index (κ1) is 44.7. The number of hydrogen-bond donors (Lipinski definition) is 3. The fraction of sp³-hybridized carbons (Fsp3) is 0. The van der Waals surface area contributed by atoms with Gasteiger partial charge in [0.25, 0.3) is 0 Å². The van der Waals surface area contributed by atoms with E-state index in [1.54, 1.807) is 36.4 Å². The third-order valence-electron chi connectivity index (χ3n) is 14.8. The first-order valence-corrected chi connectivity index (χ1v) is 24.7. The van der Waals surface area contributed by atoms with Crippen molar-refractivity contribution < 1.29 is 29.7 Å². The second-order valence-electron chi connectivity index (χ2n) is 19.0. The summed E-state index contributed by atoms with van der Waals surface area (Å²) in [6.07, 6.45) is 0. The summed E-state index contributed by atoms with van der Waals surface area (Å²) in [5, 5.41) is 45.2. The number of hydrogen-bond acceptors (Lipinski definition) is 3. The molecule has 0 fully saturated rings. The Balaban J connectivity index is 1.19. The minimum Gasteiger partial charge on any atom is -0.478 e. The molecule has 0 aliphatic heterocycles. The summed E-state index contributed by atoms with van der Waals surface area (Å²) in [7, 11) is 0. The highest BCUT2D eigenvalue weighted by atomic mass is 16.4. The molecule has 0 aliphatic rings. The van der Waals surface area contributed by atoms with Crippen molar-refractivity contribution in [3.05, 3.63) is 253 Å². The van der Waals surface area contributed by atoms with Crippen LogP contribution in [0.25, 0.3) is 131 Å². The zero-order chi connectivity index (χ0) is 50.9. The summed E-state index contributed by atoms with van der Waals surface area (Å²) in [6, 6.07) is 76.5. The zero-order valence-electron chi connectivity index (χ0n) is 40.1. The molecule has 3 N–H and O–H groups in total. The molecule has 0 unspecified atom stereocenters. The van der Waals surface area contributed by atoms with Gasteiger partial charge in [0.2, 0.25) is 0 Å². The van der Waals surface area contributed by atoms with Gasteiger partial charge >= 0.3 is 17.9 Å². The molecule has 0 atom stereocenters. The van der Waals surface area contributed by atoms with E-state index in [0.717, 1.165) is 64.6 Å². The lowest BCUT2D eigenvalue weighted by molar-refractivity contribution is 0.0687. The third kappa shape index (κ3) is 7.46. The summed E-state index contributed by atoms with van der Waals surface area (Å²) < 4.78 is 0.